The number of carbonyl (C=O) groups is 2. The lowest BCUT2D eigenvalue weighted by Gasteiger charge is -2.15. The number of hydrogen-bond acceptors (Lipinski definition) is 3. The average molecular weight is 465 g/mol. The van der Waals surface area contributed by atoms with Crippen molar-refractivity contribution in [1.82, 2.24) is 0 Å². The molecular formula is C22H25F6NO3. The number of halogens is 6. The molecule has 2 aromatic rings. The Kier molecular flexibility index (Phi) is 9.74. The van der Waals surface area contributed by atoms with Gasteiger partial charge in [0.25, 0.3) is 5.91 Å². The first-order valence-electron chi connectivity index (χ1n) is 9.82. The van der Waals surface area contributed by atoms with E-state index < -0.39 is 41.0 Å². The summed E-state index contributed by atoms with van der Waals surface area (Å²) in [5.74, 6) is -1.80. The van der Waals surface area contributed by atoms with Crippen LogP contribution in [-0.2, 0) is 17.1 Å². The predicted molar refractivity (Wildman–Crippen MR) is 109 cm³/mol. The zero-order valence-electron chi connectivity index (χ0n) is 17.7. The van der Waals surface area contributed by atoms with Crippen molar-refractivity contribution in [3.63, 3.8) is 0 Å². The molecule has 1 N–H and O–H groups in total. The van der Waals surface area contributed by atoms with Crippen molar-refractivity contribution in [2.24, 2.45) is 0 Å². The van der Waals surface area contributed by atoms with Gasteiger partial charge in [0.15, 0.2) is 0 Å². The summed E-state index contributed by atoms with van der Waals surface area (Å²) in [7, 11) is 0. The topological polar surface area (TPSA) is 55.4 Å². The number of para-hydroxylation sites is 1. The monoisotopic (exact) mass is 465 g/mol. The number of rotatable bonds is 6. The van der Waals surface area contributed by atoms with Crippen molar-refractivity contribution in [3.8, 4) is 5.75 Å². The summed E-state index contributed by atoms with van der Waals surface area (Å²) in [6.07, 6.45) is -8.72. The number of benzene rings is 2. The molecule has 0 atom stereocenters. The van der Waals surface area contributed by atoms with Crippen molar-refractivity contribution in [3.05, 3.63) is 59.2 Å². The summed E-state index contributed by atoms with van der Waals surface area (Å²) >= 11 is 0. The fraction of sp³-hybridized carbons (Fsp3) is 0.364. The molecule has 32 heavy (non-hydrogen) atoms. The first kappa shape index (κ1) is 27.0. The van der Waals surface area contributed by atoms with Crippen molar-refractivity contribution < 1.29 is 42.1 Å². The van der Waals surface area contributed by atoms with E-state index in [1.807, 2.05) is 26.1 Å². The third-order valence-electron chi connectivity index (χ3n) is 3.94. The smallest absolute Gasteiger partial charge is 0.416 e. The van der Waals surface area contributed by atoms with E-state index >= 15 is 0 Å². The van der Waals surface area contributed by atoms with E-state index in [1.165, 1.54) is 24.3 Å². The summed E-state index contributed by atoms with van der Waals surface area (Å²) in [6, 6.07) is 6.14. The Morgan fingerprint density at radius 3 is 1.97 bits per heavy atom. The van der Waals surface area contributed by atoms with Gasteiger partial charge in [-0.05, 0) is 36.8 Å². The molecule has 178 valence electrons. The molecule has 2 aromatic carbocycles. The molecule has 0 radical (unpaired) electrons. The molecule has 2 rings (SSSR count). The maximum atomic E-state index is 13.0. The van der Waals surface area contributed by atoms with Gasteiger partial charge >= 0.3 is 18.3 Å². The first-order chi connectivity index (χ1) is 14.9. The number of amides is 1. The Hall–Kier alpha value is -3.04. The van der Waals surface area contributed by atoms with Gasteiger partial charge in [-0.2, -0.15) is 26.3 Å². The summed E-state index contributed by atoms with van der Waals surface area (Å²) in [5.41, 5.74) is -4.04. The highest BCUT2D eigenvalue weighted by Crippen LogP contribution is 2.37. The standard InChI is InChI=1S/C20H17F6NO3.C2H6.H2/c1-2-3-8-17(28)30-16-7-5-4-6-15(16)18(29)27-14-10-12(19(21,22)23)9-13(11-14)20(24,25)26;1-2;/h4-7,9-11H,2-3,8H2,1H3,(H,27,29);1-2H3;1H. The molecule has 4 nitrogen and oxygen atoms in total. The maximum absolute atomic E-state index is 13.0. The average Bonchev–Trinajstić information content (AvgIpc) is 2.72. The quantitative estimate of drug-likeness (QED) is 0.276. The number of anilines is 1. The normalized spacial score (nSPS) is 11.3. The first-order valence-corrected chi connectivity index (χ1v) is 9.82. The van der Waals surface area contributed by atoms with Crippen LogP contribution in [0.15, 0.2) is 42.5 Å². The van der Waals surface area contributed by atoms with E-state index in [0.717, 1.165) is 6.42 Å². The molecule has 0 fully saturated rings. The van der Waals surface area contributed by atoms with E-state index in [1.54, 1.807) is 0 Å². The van der Waals surface area contributed by atoms with Gasteiger partial charge in [0.1, 0.15) is 5.75 Å². The lowest BCUT2D eigenvalue weighted by Crippen LogP contribution is -2.17. The molecule has 0 unspecified atom stereocenters. The molecule has 0 spiro atoms. The van der Waals surface area contributed by atoms with E-state index in [9.17, 15) is 35.9 Å². The van der Waals surface area contributed by atoms with E-state index in [0.29, 0.717) is 18.6 Å². The second-order valence-corrected chi connectivity index (χ2v) is 6.32. The zero-order valence-corrected chi connectivity index (χ0v) is 17.7. The van der Waals surface area contributed by atoms with Crippen LogP contribution in [-0.4, -0.2) is 11.9 Å². The van der Waals surface area contributed by atoms with E-state index in [2.05, 4.69) is 0 Å². The Labute approximate surface area is 183 Å². The van der Waals surface area contributed by atoms with Crippen LogP contribution in [0.2, 0.25) is 0 Å². The van der Waals surface area contributed by atoms with Gasteiger partial charge in [-0.1, -0.05) is 39.3 Å². The van der Waals surface area contributed by atoms with Gasteiger partial charge in [0.05, 0.1) is 16.7 Å². The molecule has 0 aliphatic heterocycles. The fourth-order valence-electron chi connectivity index (χ4n) is 2.46. The van der Waals surface area contributed by atoms with Gasteiger partial charge in [-0.25, -0.2) is 0 Å². The Morgan fingerprint density at radius 1 is 0.938 bits per heavy atom. The van der Waals surface area contributed by atoms with Crippen molar-refractivity contribution in [2.75, 3.05) is 5.32 Å². The molecule has 0 aromatic heterocycles. The summed E-state index contributed by atoms with van der Waals surface area (Å²) < 4.78 is 82.9. The largest absolute Gasteiger partial charge is 0.426 e. The second-order valence-electron chi connectivity index (χ2n) is 6.32. The number of nitrogens with one attached hydrogen (secondary N) is 1. The predicted octanol–water partition coefficient (Wildman–Crippen LogP) is 7.34. The van der Waals surface area contributed by atoms with Gasteiger partial charge in [0, 0.05) is 13.5 Å². The molecule has 0 saturated heterocycles. The third kappa shape index (κ3) is 7.90. The number of carbonyl (C=O) groups excluding carboxylic acids is 2. The highest BCUT2D eigenvalue weighted by atomic mass is 19.4. The molecule has 0 aliphatic carbocycles. The van der Waals surface area contributed by atoms with Crippen LogP contribution in [0.4, 0.5) is 32.0 Å². The third-order valence-corrected chi connectivity index (χ3v) is 3.94. The minimum atomic E-state index is -5.05. The van der Waals surface area contributed by atoms with Gasteiger partial charge in [-0.3, -0.25) is 9.59 Å². The van der Waals surface area contributed by atoms with Crippen LogP contribution in [0.1, 0.15) is 62.9 Å². The van der Waals surface area contributed by atoms with Crippen LogP contribution < -0.4 is 10.1 Å². The van der Waals surface area contributed by atoms with Gasteiger partial charge in [-0.15, -0.1) is 0 Å². The molecule has 1 amide bonds. The lowest BCUT2D eigenvalue weighted by molar-refractivity contribution is -0.143. The number of hydrogen-bond donors (Lipinski definition) is 1. The zero-order chi connectivity index (χ0) is 24.5. The van der Waals surface area contributed by atoms with Crippen molar-refractivity contribution in [2.45, 2.75) is 52.4 Å². The van der Waals surface area contributed by atoms with Crippen LogP contribution in [0.25, 0.3) is 0 Å². The number of ether oxygens (including phenoxy) is 1. The SMILES string of the molecule is CC.CCCCC(=O)Oc1ccccc1C(=O)Nc1cc(C(F)(F)F)cc(C(F)(F)F)c1.[HH]. The molecule has 10 heteroatoms. The summed E-state index contributed by atoms with van der Waals surface area (Å²) in [4.78, 5) is 24.3. The molecule has 0 bridgehead atoms. The Balaban J connectivity index is 0.00000332. The molecular weight excluding hydrogens is 440 g/mol. The molecule has 0 saturated carbocycles. The van der Waals surface area contributed by atoms with Crippen molar-refractivity contribution in [1.29, 1.82) is 0 Å². The van der Waals surface area contributed by atoms with E-state index in [4.69, 9.17) is 4.74 Å². The number of esters is 1. The lowest BCUT2D eigenvalue weighted by atomic mass is 10.1. The minimum Gasteiger partial charge on any atom is -0.426 e. The Morgan fingerprint density at radius 2 is 1.47 bits per heavy atom. The van der Waals surface area contributed by atoms with Gasteiger partial charge < -0.3 is 10.1 Å². The van der Waals surface area contributed by atoms with Crippen LogP contribution in [0.5, 0.6) is 5.75 Å². The van der Waals surface area contributed by atoms with E-state index in [-0.39, 0.29) is 25.2 Å². The Bertz CT molecular complexity index is 897. The van der Waals surface area contributed by atoms with Crippen LogP contribution >= 0.6 is 0 Å². The molecule has 0 heterocycles. The summed E-state index contributed by atoms with van der Waals surface area (Å²) in [5, 5.41) is 2.01. The number of alkyl halides is 6. The van der Waals surface area contributed by atoms with Crippen molar-refractivity contribution >= 4 is 17.6 Å². The van der Waals surface area contributed by atoms with Gasteiger partial charge in [0.2, 0.25) is 0 Å². The number of unbranched alkanes of at least 4 members (excludes halogenated alkanes) is 1. The maximum Gasteiger partial charge on any atom is 0.416 e. The van der Waals surface area contributed by atoms with Crippen LogP contribution in [0.3, 0.4) is 0 Å². The highest BCUT2D eigenvalue weighted by molar-refractivity contribution is 6.06. The molecule has 0 aliphatic rings. The fourth-order valence-corrected chi connectivity index (χ4v) is 2.46. The highest BCUT2D eigenvalue weighted by Gasteiger charge is 2.37. The summed E-state index contributed by atoms with van der Waals surface area (Å²) in [6.45, 7) is 5.86. The minimum absolute atomic E-state index is 0. The van der Waals surface area contributed by atoms with Crippen LogP contribution in [0, 0.1) is 0 Å². The second kappa shape index (κ2) is 11.5.